The van der Waals surface area contributed by atoms with E-state index in [1.165, 1.54) is 0 Å². The molecule has 3 aromatic rings. The Morgan fingerprint density at radius 3 is 2.79 bits per heavy atom. The number of aromatic hydroxyl groups is 1. The minimum absolute atomic E-state index is 0.0464. The first-order valence-corrected chi connectivity index (χ1v) is 9.39. The number of benzene rings is 1. The first-order chi connectivity index (χ1) is 13.6. The van der Waals surface area contributed by atoms with Gasteiger partial charge in [0.15, 0.2) is 5.82 Å². The molecule has 2 N–H and O–H groups in total. The quantitative estimate of drug-likeness (QED) is 0.722. The number of hydrogen-bond donors (Lipinski definition) is 2. The Bertz CT molecular complexity index is 975. The summed E-state index contributed by atoms with van der Waals surface area (Å²) in [5, 5.41) is 26.4. The Kier molecular flexibility index (Phi) is 4.01. The minimum Gasteiger partial charge on any atom is -0.507 e. The molecule has 0 unspecified atom stereocenters. The van der Waals surface area contributed by atoms with E-state index in [0.717, 1.165) is 18.7 Å². The molecule has 2 fully saturated rings. The molecule has 0 spiro atoms. The lowest BCUT2D eigenvalue weighted by Gasteiger charge is -2.34. The molecule has 2 aliphatic rings. The molecule has 7 nitrogen and oxygen atoms in total. The number of anilines is 1. The predicted molar refractivity (Wildman–Crippen MR) is 103 cm³/mol. The van der Waals surface area contributed by atoms with E-state index < -0.39 is 6.17 Å². The number of phenolic OH excluding ortho intramolecular Hbond substituents is 1. The second-order valence-corrected chi connectivity index (χ2v) is 7.49. The van der Waals surface area contributed by atoms with Crippen molar-refractivity contribution in [3.05, 3.63) is 48.8 Å². The zero-order valence-electron chi connectivity index (χ0n) is 15.4. The highest BCUT2D eigenvalue weighted by atomic mass is 19.1. The highest BCUT2D eigenvalue weighted by Gasteiger charge is 2.50. The van der Waals surface area contributed by atoms with E-state index >= 15 is 0 Å². The van der Waals surface area contributed by atoms with E-state index in [1.54, 1.807) is 29.1 Å². The molecule has 2 bridgehead atoms. The first kappa shape index (κ1) is 17.1. The Morgan fingerprint density at radius 2 is 2.14 bits per heavy atom. The second-order valence-electron chi connectivity index (χ2n) is 7.49. The molecule has 1 saturated carbocycles. The fourth-order valence-electron chi connectivity index (χ4n) is 4.44. The summed E-state index contributed by atoms with van der Waals surface area (Å²) < 4.78 is 16.2. The third kappa shape index (κ3) is 2.72. The number of alkyl halides is 1. The average Bonchev–Trinajstić information content (AvgIpc) is 3.45. The van der Waals surface area contributed by atoms with Gasteiger partial charge in [0.2, 0.25) is 0 Å². The molecule has 1 aromatic carbocycles. The van der Waals surface area contributed by atoms with Crippen LogP contribution in [0.4, 0.5) is 10.2 Å². The van der Waals surface area contributed by atoms with Gasteiger partial charge >= 0.3 is 0 Å². The highest BCUT2D eigenvalue weighted by Crippen LogP contribution is 2.38. The smallest absolute Gasteiger partial charge is 0.151 e. The van der Waals surface area contributed by atoms with Crippen LogP contribution in [0.1, 0.15) is 6.42 Å². The summed E-state index contributed by atoms with van der Waals surface area (Å²) in [5.41, 5.74) is 1.91. The van der Waals surface area contributed by atoms with Gasteiger partial charge < -0.3 is 15.3 Å². The third-order valence-corrected chi connectivity index (χ3v) is 5.88. The van der Waals surface area contributed by atoms with Gasteiger partial charge in [0.1, 0.15) is 11.9 Å². The van der Waals surface area contributed by atoms with E-state index in [9.17, 15) is 9.50 Å². The van der Waals surface area contributed by atoms with E-state index in [1.807, 2.05) is 36.3 Å². The number of phenols is 1. The van der Waals surface area contributed by atoms with Crippen LogP contribution in [0.25, 0.3) is 16.9 Å². The number of piperidine rings is 1. The maximum absolute atomic E-state index is 14.6. The van der Waals surface area contributed by atoms with Gasteiger partial charge in [-0.25, -0.2) is 9.07 Å². The molecule has 144 valence electrons. The first-order valence-electron chi connectivity index (χ1n) is 9.39. The van der Waals surface area contributed by atoms with Crippen LogP contribution in [0, 0.1) is 5.92 Å². The van der Waals surface area contributed by atoms with Crippen LogP contribution in [0.5, 0.6) is 5.75 Å². The van der Waals surface area contributed by atoms with Crippen molar-refractivity contribution in [2.75, 3.05) is 18.5 Å². The lowest BCUT2D eigenvalue weighted by molar-refractivity contribution is 0.220. The Hall–Kier alpha value is -3.00. The van der Waals surface area contributed by atoms with Crippen LogP contribution in [0.15, 0.2) is 48.8 Å². The summed E-state index contributed by atoms with van der Waals surface area (Å²) in [6, 6.07) is 10.5. The van der Waals surface area contributed by atoms with Gasteiger partial charge in [0, 0.05) is 43.7 Å². The van der Waals surface area contributed by atoms with Crippen molar-refractivity contribution in [2.24, 2.45) is 5.92 Å². The number of hydrogen-bond acceptors (Lipinski definition) is 6. The summed E-state index contributed by atoms with van der Waals surface area (Å²) in [4.78, 5) is 1.90. The molecule has 4 atom stereocenters. The van der Waals surface area contributed by atoms with Gasteiger partial charge in [0.05, 0.1) is 17.4 Å². The molecule has 2 aromatic heterocycles. The van der Waals surface area contributed by atoms with Crippen molar-refractivity contribution in [1.82, 2.24) is 25.3 Å². The van der Waals surface area contributed by atoms with Crippen molar-refractivity contribution in [3.63, 3.8) is 0 Å². The van der Waals surface area contributed by atoms with Crippen LogP contribution in [0.2, 0.25) is 0 Å². The van der Waals surface area contributed by atoms with Crippen molar-refractivity contribution in [2.45, 2.75) is 24.7 Å². The Morgan fingerprint density at radius 1 is 1.25 bits per heavy atom. The van der Waals surface area contributed by atoms with Crippen LogP contribution in [-0.4, -0.2) is 56.9 Å². The topological polar surface area (TPSA) is 79.1 Å². The lowest BCUT2D eigenvalue weighted by atomic mass is 10.0. The molecular weight excluding hydrogens is 359 g/mol. The fourth-order valence-corrected chi connectivity index (χ4v) is 4.44. The molecular formula is C20H21FN6O. The number of halogens is 1. The summed E-state index contributed by atoms with van der Waals surface area (Å²) in [7, 11) is 1.87. The van der Waals surface area contributed by atoms with E-state index in [-0.39, 0.29) is 17.8 Å². The third-order valence-electron chi connectivity index (χ3n) is 5.88. The van der Waals surface area contributed by atoms with Crippen molar-refractivity contribution < 1.29 is 9.50 Å². The molecule has 1 saturated heterocycles. The van der Waals surface area contributed by atoms with Gasteiger partial charge in [-0.15, -0.1) is 10.2 Å². The molecule has 28 heavy (non-hydrogen) atoms. The average molecular weight is 380 g/mol. The molecule has 3 heterocycles. The second kappa shape index (κ2) is 6.56. The van der Waals surface area contributed by atoms with Crippen LogP contribution >= 0.6 is 0 Å². The number of nitrogens with zero attached hydrogens (tertiary/aromatic N) is 5. The Labute approximate surface area is 161 Å². The monoisotopic (exact) mass is 380 g/mol. The standard InChI is InChI=1S/C20H21FN6O/c1-26(20-12-9-16(19(20)21)22-11-12)18-6-5-15(24-25-18)14-4-3-13(10-17(14)28)27-8-2-7-23-27/h2-8,10,12,16,19-20,22,28H,9,11H2,1H3/t12-,16-,19+,20-/m0/s1. The number of fused-ring (bicyclic) bond motifs is 2. The lowest BCUT2D eigenvalue weighted by Crippen LogP contribution is -2.51. The molecule has 8 heteroatoms. The maximum atomic E-state index is 14.6. The van der Waals surface area contributed by atoms with E-state index in [4.69, 9.17) is 0 Å². The molecule has 0 radical (unpaired) electrons. The SMILES string of the molecule is CN(c1ccc(-c2ccc(-n3cccn3)cc2O)nn1)[C@H]1[C@@H]2CN[C@@H](C2)[C@H]1F. The zero-order valence-corrected chi connectivity index (χ0v) is 15.4. The summed E-state index contributed by atoms with van der Waals surface area (Å²) in [6.45, 7) is 0.849. The summed E-state index contributed by atoms with van der Waals surface area (Å²) >= 11 is 0. The summed E-state index contributed by atoms with van der Waals surface area (Å²) in [5.74, 6) is 1.04. The zero-order chi connectivity index (χ0) is 19.3. The normalized spacial score (nSPS) is 25.9. The predicted octanol–water partition coefficient (Wildman–Crippen LogP) is 2.17. The van der Waals surface area contributed by atoms with Crippen molar-refractivity contribution in [3.8, 4) is 22.7 Å². The molecule has 0 amide bonds. The van der Waals surface area contributed by atoms with Crippen molar-refractivity contribution >= 4 is 5.82 Å². The maximum Gasteiger partial charge on any atom is 0.151 e. The van der Waals surface area contributed by atoms with Gasteiger partial charge in [0.25, 0.3) is 0 Å². The van der Waals surface area contributed by atoms with Gasteiger partial charge in [-0.3, -0.25) is 0 Å². The number of nitrogens with one attached hydrogen (secondary N) is 1. The van der Waals surface area contributed by atoms with Gasteiger partial charge in [-0.05, 0) is 42.7 Å². The largest absolute Gasteiger partial charge is 0.507 e. The van der Waals surface area contributed by atoms with Crippen LogP contribution < -0.4 is 10.2 Å². The fraction of sp³-hybridized carbons (Fsp3) is 0.350. The minimum atomic E-state index is -0.899. The molecule has 1 aliphatic heterocycles. The number of rotatable bonds is 4. The molecule has 5 rings (SSSR count). The van der Waals surface area contributed by atoms with Gasteiger partial charge in [-0.2, -0.15) is 5.10 Å². The highest BCUT2D eigenvalue weighted by molar-refractivity contribution is 5.69. The summed E-state index contributed by atoms with van der Waals surface area (Å²) in [6.07, 6.45) is 3.46. The van der Waals surface area contributed by atoms with Crippen molar-refractivity contribution in [1.29, 1.82) is 0 Å². The van der Waals surface area contributed by atoms with E-state index in [0.29, 0.717) is 23.0 Å². The van der Waals surface area contributed by atoms with Crippen LogP contribution in [-0.2, 0) is 0 Å². The van der Waals surface area contributed by atoms with E-state index in [2.05, 4.69) is 20.6 Å². The molecule has 1 aliphatic carbocycles. The number of aromatic nitrogens is 4. The Balaban J connectivity index is 1.38. The van der Waals surface area contributed by atoms with Gasteiger partial charge in [-0.1, -0.05) is 0 Å². The van der Waals surface area contributed by atoms with Crippen LogP contribution in [0.3, 0.4) is 0 Å².